The minimum atomic E-state index is -0.356. The van der Waals surface area contributed by atoms with Gasteiger partial charge in [0.15, 0.2) is 0 Å². The maximum Gasteiger partial charge on any atom is 0.130 e. The van der Waals surface area contributed by atoms with Crippen LogP contribution in [0.1, 0.15) is 35.3 Å². The number of hydrogen-bond acceptors (Lipinski definition) is 5. The summed E-state index contributed by atoms with van der Waals surface area (Å²) in [5.74, 6) is 1.76. The minimum Gasteiger partial charge on any atom is -0.508 e. The molecule has 1 aliphatic rings. The molecule has 1 aliphatic heterocycles. The first kappa shape index (κ1) is 21.9. The highest BCUT2D eigenvalue weighted by molar-refractivity contribution is 9.10. The van der Waals surface area contributed by atoms with E-state index in [0.29, 0.717) is 6.42 Å². The zero-order valence-corrected chi connectivity index (χ0v) is 20.3. The lowest BCUT2D eigenvalue weighted by molar-refractivity contribution is 0.380. The van der Waals surface area contributed by atoms with Gasteiger partial charge in [0, 0.05) is 38.2 Å². The van der Waals surface area contributed by atoms with Crippen LogP contribution in [0.4, 0.5) is 0 Å². The van der Waals surface area contributed by atoms with Gasteiger partial charge in [0.05, 0.1) is 14.2 Å². The number of methoxy groups -OCH3 is 2. The maximum atomic E-state index is 10.6. The van der Waals surface area contributed by atoms with Gasteiger partial charge in [0.25, 0.3) is 0 Å². The molecule has 1 heterocycles. The zero-order chi connectivity index (χ0) is 22.0. The number of rotatable bonds is 5. The summed E-state index contributed by atoms with van der Waals surface area (Å²) in [6.45, 7) is 0. The molecule has 4 rings (SSSR count). The lowest BCUT2D eigenvalue weighted by atomic mass is 9.93. The van der Waals surface area contributed by atoms with Crippen molar-refractivity contribution < 1.29 is 14.6 Å². The van der Waals surface area contributed by atoms with E-state index in [-0.39, 0.29) is 18.0 Å². The first-order chi connectivity index (χ1) is 15.0. The molecule has 0 saturated carbocycles. The minimum absolute atomic E-state index is 0.148. The normalized spacial score (nSPS) is 18.4. The second-order valence-corrected chi connectivity index (χ2v) is 9.05. The zero-order valence-electron chi connectivity index (χ0n) is 17.1. The number of phenolic OH excluding ortho intramolecular Hbond substituents is 1. The first-order valence-corrected chi connectivity index (χ1v) is 11.4. The molecule has 0 radical (unpaired) electrons. The number of nitrogens with one attached hydrogen (secondary N) is 1. The van der Waals surface area contributed by atoms with Gasteiger partial charge in [-0.25, -0.2) is 0 Å². The summed E-state index contributed by atoms with van der Waals surface area (Å²) in [4.78, 5) is 5.03. The Morgan fingerprint density at radius 3 is 2.42 bits per heavy atom. The van der Waals surface area contributed by atoms with E-state index >= 15 is 0 Å². The summed E-state index contributed by atoms with van der Waals surface area (Å²) in [5.41, 5.74) is 3.63. The van der Waals surface area contributed by atoms with Crippen molar-refractivity contribution in [2.24, 2.45) is 4.99 Å². The number of halogens is 2. The van der Waals surface area contributed by atoms with Gasteiger partial charge in [0.1, 0.15) is 23.4 Å². The van der Waals surface area contributed by atoms with Gasteiger partial charge in [-0.2, -0.15) is 0 Å². The van der Waals surface area contributed by atoms with Crippen molar-refractivity contribution in [2.75, 3.05) is 14.2 Å². The Balaban J connectivity index is 1.83. The molecule has 3 aromatic rings. The Bertz CT molecular complexity index is 1130. The molecule has 0 spiro atoms. The SMILES string of the molecule is COc1cccc(C2=N[C@@H](c3cc(Br)ccc3OC)N[C@@H](c3cc(Br)ccc3O)C2)c1. The van der Waals surface area contributed by atoms with E-state index in [1.807, 2.05) is 54.6 Å². The molecule has 31 heavy (non-hydrogen) atoms. The van der Waals surface area contributed by atoms with E-state index in [0.717, 1.165) is 42.8 Å². The Hall–Kier alpha value is -2.35. The quantitative estimate of drug-likeness (QED) is 0.403. The highest BCUT2D eigenvalue weighted by atomic mass is 79.9. The Kier molecular flexibility index (Phi) is 6.65. The summed E-state index contributed by atoms with van der Waals surface area (Å²) in [5, 5.41) is 14.2. The summed E-state index contributed by atoms with van der Waals surface area (Å²) in [6, 6.07) is 19.1. The number of benzene rings is 3. The molecule has 2 atom stereocenters. The Morgan fingerprint density at radius 2 is 1.68 bits per heavy atom. The topological polar surface area (TPSA) is 63.1 Å². The van der Waals surface area contributed by atoms with E-state index in [4.69, 9.17) is 14.5 Å². The smallest absolute Gasteiger partial charge is 0.130 e. The molecular formula is C24H22Br2N2O3. The van der Waals surface area contributed by atoms with Crippen LogP contribution in [-0.4, -0.2) is 25.0 Å². The lowest BCUT2D eigenvalue weighted by Gasteiger charge is -2.31. The average Bonchev–Trinajstić information content (AvgIpc) is 2.80. The van der Waals surface area contributed by atoms with Gasteiger partial charge in [0.2, 0.25) is 0 Å². The number of hydrogen-bond donors (Lipinski definition) is 2. The third kappa shape index (κ3) is 4.79. The predicted octanol–water partition coefficient (Wildman–Crippen LogP) is 6.16. The largest absolute Gasteiger partial charge is 0.508 e. The first-order valence-electron chi connectivity index (χ1n) is 9.77. The van der Waals surface area contributed by atoms with E-state index in [1.165, 1.54) is 0 Å². The van der Waals surface area contributed by atoms with Crippen LogP contribution in [0.2, 0.25) is 0 Å². The summed E-state index contributed by atoms with van der Waals surface area (Å²) in [6.07, 6.45) is 0.259. The average molecular weight is 546 g/mol. The van der Waals surface area contributed by atoms with Gasteiger partial charge < -0.3 is 14.6 Å². The third-order valence-electron chi connectivity index (χ3n) is 5.30. The van der Waals surface area contributed by atoms with Crippen LogP contribution in [0.25, 0.3) is 0 Å². The van der Waals surface area contributed by atoms with E-state index < -0.39 is 0 Å². The van der Waals surface area contributed by atoms with Gasteiger partial charge in [-0.3, -0.25) is 10.3 Å². The van der Waals surface area contributed by atoms with Crippen molar-refractivity contribution in [1.29, 1.82) is 0 Å². The van der Waals surface area contributed by atoms with Crippen LogP contribution >= 0.6 is 31.9 Å². The fraction of sp³-hybridized carbons (Fsp3) is 0.208. The maximum absolute atomic E-state index is 10.6. The van der Waals surface area contributed by atoms with Crippen molar-refractivity contribution in [3.63, 3.8) is 0 Å². The van der Waals surface area contributed by atoms with E-state index in [1.54, 1.807) is 20.3 Å². The standard InChI is InChI=1S/C24H22Br2N2O3/c1-30-17-5-3-4-14(10-17)20-13-21(18-11-15(25)6-8-22(18)29)28-24(27-20)19-12-16(26)7-9-23(19)31-2/h3-12,21,24,28-29H,13H2,1-2H3/t21-,24-/m1/s1. The lowest BCUT2D eigenvalue weighted by Crippen LogP contribution is -2.33. The second kappa shape index (κ2) is 9.42. The third-order valence-corrected chi connectivity index (χ3v) is 6.28. The van der Waals surface area contributed by atoms with E-state index in [2.05, 4.69) is 37.2 Å². The van der Waals surface area contributed by atoms with Crippen molar-refractivity contribution in [3.05, 3.63) is 86.3 Å². The predicted molar refractivity (Wildman–Crippen MR) is 129 cm³/mol. The molecule has 7 heteroatoms. The fourth-order valence-electron chi connectivity index (χ4n) is 3.77. The molecule has 0 saturated heterocycles. The molecule has 5 nitrogen and oxygen atoms in total. The number of ether oxygens (including phenoxy) is 2. The van der Waals surface area contributed by atoms with Crippen LogP contribution in [0.5, 0.6) is 17.2 Å². The van der Waals surface area contributed by atoms with Gasteiger partial charge in [-0.1, -0.05) is 44.0 Å². The summed E-state index contributed by atoms with van der Waals surface area (Å²) >= 11 is 7.08. The van der Waals surface area contributed by atoms with Crippen molar-refractivity contribution in [2.45, 2.75) is 18.6 Å². The molecule has 0 bridgehead atoms. The number of aliphatic imine (C=N–C) groups is 1. The van der Waals surface area contributed by atoms with Gasteiger partial charge >= 0.3 is 0 Å². The highest BCUT2D eigenvalue weighted by Gasteiger charge is 2.29. The Labute approximate surface area is 198 Å². The van der Waals surface area contributed by atoms with Gasteiger partial charge in [-0.05, 0) is 54.1 Å². The summed E-state index contributed by atoms with van der Waals surface area (Å²) < 4.78 is 12.9. The molecule has 0 aliphatic carbocycles. The number of aromatic hydroxyl groups is 1. The van der Waals surface area contributed by atoms with E-state index in [9.17, 15) is 5.11 Å². The van der Waals surface area contributed by atoms with Crippen LogP contribution in [0, 0.1) is 0 Å². The molecule has 2 N–H and O–H groups in total. The van der Waals surface area contributed by atoms with Crippen molar-refractivity contribution in [3.8, 4) is 17.2 Å². The fourth-order valence-corrected chi connectivity index (χ4v) is 4.52. The molecule has 160 valence electrons. The summed E-state index contributed by atoms with van der Waals surface area (Å²) in [7, 11) is 3.31. The molecule has 0 unspecified atom stereocenters. The van der Waals surface area contributed by atoms with Crippen LogP contribution in [0.15, 0.2) is 74.6 Å². The van der Waals surface area contributed by atoms with Crippen molar-refractivity contribution in [1.82, 2.24) is 5.32 Å². The highest BCUT2D eigenvalue weighted by Crippen LogP contribution is 2.38. The molecule has 0 fully saturated rings. The van der Waals surface area contributed by atoms with Crippen LogP contribution in [-0.2, 0) is 0 Å². The van der Waals surface area contributed by atoms with Crippen LogP contribution < -0.4 is 14.8 Å². The Morgan fingerprint density at radius 1 is 0.935 bits per heavy atom. The number of phenols is 1. The van der Waals surface area contributed by atoms with Crippen molar-refractivity contribution >= 4 is 37.6 Å². The number of nitrogens with zero attached hydrogens (tertiary/aromatic N) is 1. The van der Waals surface area contributed by atoms with Crippen LogP contribution in [0.3, 0.4) is 0 Å². The monoisotopic (exact) mass is 544 g/mol. The molecule has 0 aromatic heterocycles. The molecule has 0 amide bonds. The second-order valence-electron chi connectivity index (χ2n) is 7.22. The van der Waals surface area contributed by atoms with Gasteiger partial charge in [-0.15, -0.1) is 0 Å². The molecular weight excluding hydrogens is 524 g/mol. The molecule has 3 aromatic carbocycles.